The van der Waals surface area contributed by atoms with Gasteiger partial charge in [-0.3, -0.25) is 0 Å². The molecule has 1 aliphatic rings. The lowest BCUT2D eigenvalue weighted by Gasteiger charge is -2.11. The Hall–Kier alpha value is -1.80. The van der Waals surface area contributed by atoms with Crippen LogP contribution >= 0.6 is 15.9 Å². The number of nitrogens with two attached hydrogens (primary N) is 1. The van der Waals surface area contributed by atoms with Crippen LogP contribution in [0, 0.1) is 11.6 Å². The van der Waals surface area contributed by atoms with E-state index in [0.717, 1.165) is 18.9 Å². The second kappa shape index (κ2) is 5.53. The van der Waals surface area contributed by atoms with E-state index >= 15 is 0 Å². The lowest BCUT2D eigenvalue weighted by Crippen LogP contribution is -2.11. The number of anilines is 3. The summed E-state index contributed by atoms with van der Waals surface area (Å²) in [4.78, 5) is 8.60. The Labute approximate surface area is 128 Å². The first-order valence-electron chi connectivity index (χ1n) is 6.34. The third-order valence-electron chi connectivity index (χ3n) is 3.11. The third kappa shape index (κ3) is 3.11. The van der Waals surface area contributed by atoms with Crippen molar-refractivity contribution in [3.05, 3.63) is 40.1 Å². The molecule has 1 heterocycles. The van der Waals surface area contributed by atoms with Crippen molar-refractivity contribution in [3.63, 3.8) is 0 Å². The molecule has 3 rings (SSSR count). The largest absolute Gasteiger partial charge is 0.338 e. The topological polar surface area (TPSA) is 75.9 Å². The minimum absolute atomic E-state index is 0.117. The van der Waals surface area contributed by atoms with Gasteiger partial charge in [0.05, 0.1) is 10.2 Å². The first-order chi connectivity index (χ1) is 10.1. The Bertz CT molecular complexity index is 691. The van der Waals surface area contributed by atoms with Gasteiger partial charge in [0.15, 0.2) is 0 Å². The van der Waals surface area contributed by atoms with Gasteiger partial charge in [0.2, 0.25) is 0 Å². The van der Waals surface area contributed by atoms with Crippen molar-refractivity contribution < 1.29 is 8.78 Å². The van der Waals surface area contributed by atoms with Crippen LogP contribution in [0.2, 0.25) is 0 Å². The first-order valence-corrected chi connectivity index (χ1v) is 7.13. The van der Waals surface area contributed by atoms with Crippen LogP contribution in [0.1, 0.15) is 24.6 Å². The lowest BCUT2D eigenvalue weighted by atomic mass is 10.3. The van der Waals surface area contributed by atoms with E-state index in [1.807, 2.05) is 0 Å². The Kier molecular flexibility index (Phi) is 3.73. The molecule has 0 saturated heterocycles. The van der Waals surface area contributed by atoms with Gasteiger partial charge in [0.1, 0.15) is 29.1 Å². The van der Waals surface area contributed by atoms with Gasteiger partial charge < -0.3 is 10.7 Å². The standard InChI is InChI=1S/C13H12BrF2N5/c14-7-3-10(9(16)4-8(7)15)18-11-5-12(21-17)20-13(19-11)6-1-2-6/h3-6H,1-2,17H2,(H2,18,19,20,21). The summed E-state index contributed by atoms with van der Waals surface area (Å²) in [5.41, 5.74) is 2.57. The van der Waals surface area contributed by atoms with Gasteiger partial charge in [0.25, 0.3) is 0 Å². The zero-order chi connectivity index (χ0) is 15.0. The molecule has 0 bridgehead atoms. The maximum Gasteiger partial charge on any atom is 0.149 e. The summed E-state index contributed by atoms with van der Waals surface area (Å²) in [7, 11) is 0. The molecule has 0 atom stereocenters. The monoisotopic (exact) mass is 355 g/mol. The molecule has 21 heavy (non-hydrogen) atoms. The van der Waals surface area contributed by atoms with Gasteiger partial charge in [0, 0.05) is 18.1 Å². The molecular weight excluding hydrogens is 344 g/mol. The molecular formula is C13H12BrF2N5. The Morgan fingerprint density at radius 2 is 1.81 bits per heavy atom. The van der Waals surface area contributed by atoms with E-state index < -0.39 is 11.6 Å². The number of rotatable bonds is 4. The fourth-order valence-corrected chi connectivity index (χ4v) is 2.23. The summed E-state index contributed by atoms with van der Waals surface area (Å²) < 4.78 is 27.2. The molecule has 4 N–H and O–H groups in total. The predicted molar refractivity (Wildman–Crippen MR) is 79.2 cm³/mol. The summed E-state index contributed by atoms with van der Waals surface area (Å²) >= 11 is 3.02. The van der Waals surface area contributed by atoms with Gasteiger partial charge in [-0.05, 0) is 34.8 Å². The quantitative estimate of drug-likeness (QED) is 0.445. The van der Waals surface area contributed by atoms with Crippen LogP contribution in [0.3, 0.4) is 0 Å². The van der Waals surface area contributed by atoms with E-state index in [2.05, 4.69) is 36.6 Å². The molecule has 1 aromatic carbocycles. The maximum atomic E-state index is 13.8. The van der Waals surface area contributed by atoms with Gasteiger partial charge in [-0.15, -0.1) is 0 Å². The van der Waals surface area contributed by atoms with Gasteiger partial charge in [-0.1, -0.05) is 0 Å². The van der Waals surface area contributed by atoms with Crippen LogP contribution < -0.4 is 16.6 Å². The van der Waals surface area contributed by atoms with Crippen LogP contribution in [0.15, 0.2) is 22.7 Å². The zero-order valence-corrected chi connectivity index (χ0v) is 12.4. The highest BCUT2D eigenvalue weighted by atomic mass is 79.9. The molecule has 0 radical (unpaired) electrons. The summed E-state index contributed by atoms with van der Waals surface area (Å²) in [5.74, 6) is 5.83. The lowest BCUT2D eigenvalue weighted by molar-refractivity contribution is 0.581. The molecule has 1 aromatic heterocycles. The van der Waals surface area contributed by atoms with Crippen molar-refractivity contribution in [2.45, 2.75) is 18.8 Å². The molecule has 2 aromatic rings. The SMILES string of the molecule is NNc1cc(Nc2cc(Br)c(F)cc2F)nc(C2CC2)n1. The number of nitrogen functional groups attached to an aromatic ring is 1. The Morgan fingerprint density at radius 1 is 1.10 bits per heavy atom. The number of hydrogen-bond acceptors (Lipinski definition) is 5. The second-order valence-electron chi connectivity index (χ2n) is 4.79. The molecule has 1 aliphatic carbocycles. The molecule has 1 fully saturated rings. The first kappa shape index (κ1) is 14.2. The van der Waals surface area contributed by atoms with E-state index in [1.165, 1.54) is 6.07 Å². The van der Waals surface area contributed by atoms with E-state index in [0.29, 0.717) is 23.4 Å². The van der Waals surface area contributed by atoms with E-state index in [4.69, 9.17) is 5.84 Å². The normalized spacial score (nSPS) is 14.1. The number of nitrogens with zero attached hydrogens (tertiary/aromatic N) is 2. The number of hydrogen-bond donors (Lipinski definition) is 3. The van der Waals surface area contributed by atoms with Crippen LogP contribution in [0.4, 0.5) is 26.1 Å². The number of hydrazine groups is 1. The van der Waals surface area contributed by atoms with Crippen molar-refractivity contribution in [2.24, 2.45) is 5.84 Å². The molecule has 5 nitrogen and oxygen atoms in total. The summed E-state index contributed by atoms with van der Waals surface area (Å²) in [6.07, 6.45) is 2.06. The number of halogens is 3. The number of nitrogens with one attached hydrogen (secondary N) is 2. The van der Waals surface area contributed by atoms with Crippen LogP contribution in [-0.2, 0) is 0 Å². The van der Waals surface area contributed by atoms with Crippen LogP contribution in [0.25, 0.3) is 0 Å². The zero-order valence-electron chi connectivity index (χ0n) is 10.8. The van der Waals surface area contributed by atoms with E-state index in [1.54, 1.807) is 6.07 Å². The van der Waals surface area contributed by atoms with Crippen LogP contribution in [0.5, 0.6) is 0 Å². The van der Waals surface area contributed by atoms with Crippen molar-refractivity contribution in [1.29, 1.82) is 0 Å². The third-order valence-corrected chi connectivity index (χ3v) is 3.71. The van der Waals surface area contributed by atoms with Gasteiger partial charge in [-0.2, -0.15) is 0 Å². The number of aromatic nitrogens is 2. The highest BCUT2D eigenvalue weighted by molar-refractivity contribution is 9.10. The minimum Gasteiger partial charge on any atom is -0.338 e. The molecule has 8 heteroatoms. The van der Waals surface area contributed by atoms with Crippen molar-refractivity contribution in [1.82, 2.24) is 9.97 Å². The molecule has 110 valence electrons. The van der Waals surface area contributed by atoms with E-state index in [9.17, 15) is 8.78 Å². The average Bonchev–Trinajstić information content (AvgIpc) is 3.29. The molecule has 0 unspecified atom stereocenters. The fraction of sp³-hybridized carbons (Fsp3) is 0.231. The predicted octanol–water partition coefficient (Wildman–Crippen LogP) is 3.42. The summed E-state index contributed by atoms with van der Waals surface area (Å²) in [6.45, 7) is 0. The summed E-state index contributed by atoms with van der Waals surface area (Å²) in [5, 5.41) is 2.82. The number of benzene rings is 1. The molecule has 1 saturated carbocycles. The van der Waals surface area contributed by atoms with Crippen molar-refractivity contribution in [3.8, 4) is 0 Å². The highest BCUT2D eigenvalue weighted by Gasteiger charge is 2.27. The smallest absolute Gasteiger partial charge is 0.149 e. The second-order valence-corrected chi connectivity index (χ2v) is 5.64. The van der Waals surface area contributed by atoms with Gasteiger partial charge >= 0.3 is 0 Å². The molecule has 0 spiro atoms. The minimum atomic E-state index is -0.704. The fourth-order valence-electron chi connectivity index (χ4n) is 1.88. The van der Waals surface area contributed by atoms with Crippen LogP contribution in [-0.4, -0.2) is 9.97 Å². The van der Waals surface area contributed by atoms with Gasteiger partial charge in [-0.25, -0.2) is 24.6 Å². The Morgan fingerprint density at radius 3 is 2.48 bits per heavy atom. The Balaban J connectivity index is 1.94. The highest BCUT2D eigenvalue weighted by Crippen LogP contribution is 2.39. The van der Waals surface area contributed by atoms with Crippen molar-refractivity contribution >= 4 is 33.3 Å². The molecule has 0 amide bonds. The van der Waals surface area contributed by atoms with Crippen molar-refractivity contribution in [2.75, 3.05) is 10.7 Å². The maximum absolute atomic E-state index is 13.8. The molecule has 0 aliphatic heterocycles. The van der Waals surface area contributed by atoms with E-state index in [-0.39, 0.29) is 10.2 Å². The average molecular weight is 356 g/mol. The summed E-state index contributed by atoms with van der Waals surface area (Å²) in [6, 6.07) is 3.68.